The first kappa shape index (κ1) is 22.6. The van der Waals surface area contributed by atoms with Gasteiger partial charge in [-0.15, -0.1) is 0 Å². The average molecular weight is 479 g/mol. The number of carbonyl (C=O) groups excluding carboxylic acids is 1. The molecule has 1 fully saturated rings. The Hall–Kier alpha value is -4.14. The summed E-state index contributed by atoms with van der Waals surface area (Å²) < 4.78 is 50.4. The van der Waals surface area contributed by atoms with E-state index in [1.165, 1.54) is 17.0 Å². The molecule has 1 amide bonds. The topological polar surface area (TPSA) is 68.5 Å². The van der Waals surface area contributed by atoms with Gasteiger partial charge in [0.2, 0.25) is 17.6 Å². The van der Waals surface area contributed by atoms with Crippen molar-refractivity contribution in [2.45, 2.75) is 25.1 Å². The molecule has 1 aliphatic rings. The van der Waals surface area contributed by atoms with Gasteiger partial charge in [0.05, 0.1) is 11.5 Å². The lowest BCUT2D eigenvalue weighted by Crippen LogP contribution is -2.24. The summed E-state index contributed by atoms with van der Waals surface area (Å²) in [5.74, 6) is 0.618. The summed E-state index contributed by atoms with van der Waals surface area (Å²) >= 11 is 0. The molecule has 2 heterocycles. The maximum absolute atomic E-state index is 13.1. The van der Waals surface area contributed by atoms with Crippen LogP contribution in [0.2, 0.25) is 0 Å². The summed E-state index contributed by atoms with van der Waals surface area (Å²) in [6, 6.07) is 21.8. The van der Waals surface area contributed by atoms with Crippen LogP contribution in [-0.2, 0) is 17.6 Å². The Bertz CT molecular complexity index is 1320. The van der Waals surface area contributed by atoms with Crippen molar-refractivity contribution in [2.24, 2.45) is 0 Å². The largest absolute Gasteiger partial charge is 0.489 e. The summed E-state index contributed by atoms with van der Waals surface area (Å²) in [4.78, 5) is 18.3. The Kier molecular flexibility index (Phi) is 5.98. The summed E-state index contributed by atoms with van der Waals surface area (Å²) in [7, 11) is 0. The molecule has 1 saturated heterocycles. The van der Waals surface area contributed by atoms with Crippen molar-refractivity contribution in [3.8, 4) is 17.1 Å². The van der Waals surface area contributed by atoms with E-state index in [0.717, 1.165) is 17.7 Å². The first-order valence-corrected chi connectivity index (χ1v) is 11.0. The molecule has 0 saturated carbocycles. The highest BCUT2D eigenvalue weighted by Gasteiger charge is 2.37. The zero-order valence-electron chi connectivity index (χ0n) is 18.4. The highest BCUT2D eigenvalue weighted by Crippen LogP contribution is 2.35. The number of anilines is 1. The van der Waals surface area contributed by atoms with Gasteiger partial charge in [0.1, 0.15) is 12.4 Å². The molecule has 5 rings (SSSR count). The van der Waals surface area contributed by atoms with Crippen LogP contribution in [0.1, 0.15) is 29.4 Å². The molecule has 0 N–H and O–H groups in total. The lowest BCUT2D eigenvalue weighted by molar-refractivity contribution is -0.137. The predicted molar refractivity (Wildman–Crippen MR) is 122 cm³/mol. The average Bonchev–Trinajstić information content (AvgIpc) is 3.50. The molecule has 0 spiro atoms. The first-order valence-electron chi connectivity index (χ1n) is 11.0. The Labute approximate surface area is 199 Å². The minimum atomic E-state index is -4.48. The Morgan fingerprint density at radius 3 is 2.51 bits per heavy atom. The fraction of sp³-hybridized carbons (Fsp3) is 0.192. The number of aromatic nitrogens is 2. The van der Waals surface area contributed by atoms with E-state index in [-0.39, 0.29) is 30.5 Å². The predicted octanol–water partition coefficient (Wildman–Crippen LogP) is 5.85. The number of nitrogens with zero attached hydrogens (tertiary/aromatic N) is 3. The number of halogens is 3. The second-order valence-corrected chi connectivity index (χ2v) is 8.21. The molecular formula is C26H20F3N3O3. The van der Waals surface area contributed by atoms with Gasteiger partial charge in [-0.2, -0.15) is 18.2 Å². The maximum atomic E-state index is 13.1. The monoisotopic (exact) mass is 479 g/mol. The number of benzene rings is 3. The van der Waals surface area contributed by atoms with Gasteiger partial charge in [0.15, 0.2) is 0 Å². The van der Waals surface area contributed by atoms with Gasteiger partial charge in [0.25, 0.3) is 0 Å². The van der Waals surface area contributed by atoms with Crippen molar-refractivity contribution in [1.82, 2.24) is 10.1 Å². The summed E-state index contributed by atoms with van der Waals surface area (Å²) in [5, 5.41) is 4.02. The second-order valence-electron chi connectivity index (χ2n) is 8.21. The number of amides is 1. The number of carbonyl (C=O) groups is 1. The standard InChI is InChI=1S/C26H20F3N3O3/c27-26(28,29)20-7-4-8-21(14-20)32-15-19(13-23(32)33)25-30-24(31-35-25)18-9-11-22(12-10-18)34-16-17-5-2-1-3-6-17/h1-12,14,19H,13,15-16H2. The van der Waals surface area contributed by atoms with Crippen molar-refractivity contribution in [3.63, 3.8) is 0 Å². The normalized spacial score (nSPS) is 16.0. The Morgan fingerprint density at radius 1 is 1.00 bits per heavy atom. The van der Waals surface area contributed by atoms with Gasteiger partial charge in [0, 0.05) is 24.2 Å². The number of rotatable bonds is 6. The lowest BCUT2D eigenvalue weighted by atomic mass is 10.1. The molecule has 1 aliphatic heterocycles. The zero-order chi connectivity index (χ0) is 24.4. The van der Waals surface area contributed by atoms with Gasteiger partial charge in [-0.25, -0.2) is 0 Å². The molecule has 3 aromatic carbocycles. The highest BCUT2D eigenvalue weighted by atomic mass is 19.4. The quantitative estimate of drug-likeness (QED) is 0.347. The van der Waals surface area contributed by atoms with Crippen LogP contribution in [0, 0.1) is 0 Å². The van der Waals surface area contributed by atoms with Crippen LogP contribution in [-0.4, -0.2) is 22.6 Å². The van der Waals surface area contributed by atoms with Gasteiger partial charge in [-0.05, 0) is 48.0 Å². The van der Waals surface area contributed by atoms with Crippen molar-refractivity contribution in [2.75, 3.05) is 11.4 Å². The summed E-state index contributed by atoms with van der Waals surface area (Å²) in [6.45, 7) is 0.610. The van der Waals surface area contributed by atoms with Crippen LogP contribution in [0.4, 0.5) is 18.9 Å². The van der Waals surface area contributed by atoms with Crippen LogP contribution >= 0.6 is 0 Å². The van der Waals surface area contributed by atoms with Crippen molar-refractivity contribution in [3.05, 3.63) is 95.9 Å². The molecular weight excluding hydrogens is 459 g/mol. The number of alkyl halides is 3. The number of ether oxygens (including phenoxy) is 1. The van der Waals surface area contributed by atoms with Gasteiger partial charge < -0.3 is 14.2 Å². The van der Waals surface area contributed by atoms with E-state index >= 15 is 0 Å². The van der Waals surface area contributed by atoms with E-state index < -0.39 is 17.7 Å². The molecule has 0 aliphatic carbocycles. The third-order valence-corrected chi connectivity index (χ3v) is 5.76. The van der Waals surface area contributed by atoms with Gasteiger partial charge >= 0.3 is 6.18 Å². The van der Waals surface area contributed by atoms with Crippen LogP contribution < -0.4 is 9.64 Å². The van der Waals surface area contributed by atoms with Gasteiger partial charge in [-0.3, -0.25) is 4.79 Å². The van der Waals surface area contributed by atoms with E-state index in [2.05, 4.69) is 10.1 Å². The molecule has 35 heavy (non-hydrogen) atoms. The number of hydrogen-bond donors (Lipinski definition) is 0. The molecule has 0 bridgehead atoms. The molecule has 9 heteroatoms. The minimum Gasteiger partial charge on any atom is -0.489 e. The van der Waals surface area contributed by atoms with Crippen molar-refractivity contribution >= 4 is 11.6 Å². The third kappa shape index (κ3) is 5.03. The number of hydrogen-bond acceptors (Lipinski definition) is 5. The molecule has 1 unspecified atom stereocenters. The first-order chi connectivity index (χ1) is 16.9. The zero-order valence-corrected chi connectivity index (χ0v) is 18.4. The van der Waals surface area contributed by atoms with E-state index in [1.807, 2.05) is 54.6 Å². The SMILES string of the molecule is O=C1CC(c2nc(-c3ccc(OCc4ccccc4)cc3)no2)CN1c1cccc(C(F)(F)F)c1. The lowest BCUT2D eigenvalue weighted by Gasteiger charge is -2.17. The van der Waals surface area contributed by atoms with Crippen LogP contribution in [0.25, 0.3) is 11.4 Å². The molecule has 1 aromatic heterocycles. The Morgan fingerprint density at radius 2 is 1.77 bits per heavy atom. The molecule has 1 atom stereocenters. The van der Waals surface area contributed by atoms with Crippen LogP contribution in [0.3, 0.4) is 0 Å². The molecule has 6 nitrogen and oxygen atoms in total. The van der Waals surface area contributed by atoms with Crippen molar-refractivity contribution in [1.29, 1.82) is 0 Å². The van der Waals surface area contributed by atoms with E-state index in [0.29, 0.717) is 23.7 Å². The summed E-state index contributed by atoms with van der Waals surface area (Å²) in [6.07, 6.45) is -4.41. The van der Waals surface area contributed by atoms with Crippen LogP contribution in [0.15, 0.2) is 83.4 Å². The second kappa shape index (κ2) is 9.25. The smallest absolute Gasteiger partial charge is 0.416 e. The summed E-state index contributed by atoms with van der Waals surface area (Å²) in [5.41, 5.74) is 1.16. The van der Waals surface area contributed by atoms with Crippen molar-refractivity contribution < 1.29 is 27.2 Å². The molecule has 178 valence electrons. The third-order valence-electron chi connectivity index (χ3n) is 5.76. The highest BCUT2D eigenvalue weighted by molar-refractivity contribution is 5.96. The fourth-order valence-electron chi connectivity index (χ4n) is 3.93. The van der Waals surface area contributed by atoms with Crippen LogP contribution in [0.5, 0.6) is 5.75 Å². The fourth-order valence-corrected chi connectivity index (χ4v) is 3.93. The maximum Gasteiger partial charge on any atom is 0.416 e. The van der Waals surface area contributed by atoms with E-state index in [9.17, 15) is 18.0 Å². The minimum absolute atomic E-state index is 0.0736. The van der Waals surface area contributed by atoms with Gasteiger partial charge in [-0.1, -0.05) is 41.6 Å². The van der Waals surface area contributed by atoms with E-state index in [1.54, 1.807) is 0 Å². The molecule has 0 radical (unpaired) electrons. The van der Waals surface area contributed by atoms with E-state index in [4.69, 9.17) is 9.26 Å². The molecule has 4 aromatic rings. The Balaban J connectivity index is 1.25.